The number of carboxylic acid groups (broad SMARTS) is 1. The van der Waals surface area contributed by atoms with E-state index in [0.717, 1.165) is 4.90 Å². The number of nitrogen functional groups attached to an aromatic ring is 1. The van der Waals surface area contributed by atoms with Crippen molar-refractivity contribution in [2.24, 2.45) is 0 Å². The van der Waals surface area contributed by atoms with E-state index < -0.39 is 5.97 Å². The highest BCUT2D eigenvalue weighted by Crippen LogP contribution is 2.27. The fourth-order valence-corrected chi connectivity index (χ4v) is 1.69. The number of nitrogens with two attached hydrogens (primary N) is 1. The highest BCUT2D eigenvalue weighted by molar-refractivity contribution is 7.98. The zero-order valence-electron chi connectivity index (χ0n) is 7.50. The van der Waals surface area contributed by atoms with Crippen LogP contribution in [0.1, 0.15) is 15.9 Å². The second kappa shape index (κ2) is 3.70. The molecule has 70 valence electrons. The topological polar surface area (TPSA) is 63.3 Å². The molecule has 0 atom stereocenters. The van der Waals surface area contributed by atoms with Gasteiger partial charge in [-0.1, -0.05) is 0 Å². The van der Waals surface area contributed by atoms with Gasteiger partial charge >= 0.3 is 5.97 Å². The van der Waals surface area contributed by atoms with Gasteiger partial charge in [-0.15, -0.1) is 11.8 Å². The molecule has 0 aliphatic rings. The third kappa shape index (κ3) is 1.78. The van der Waals surface area contributed by atoms with Crippen LogP contribution in [0.5, 0.6) is 0 Å². The Morgan fingerprint density at radius 1 is 1.54 bits per heavy atom. The molecule has 0 amide bonds. The van der Waals surface area contributed by atoms with E-state index in [4.69, 9.17) is 10.8 Å². The van der Waals surface area contributed by atoms with Crippen LogP contribution in [-0.2, 0) is 0 Å². The molecule has 0 heterocycles. The Morgan fingerprint density at radius 2 is 2.15 bits per heavy atom. The summed E-state index contributed by atoms with van der Waals surface area (Å²) >= 11 is 1.51. The first-order valence-corrected chi connectivity index (χ1v) is 4.96. The number of carbonyl (C=O) groups is 1. The summed E-state index contributed by atoms with van der Waals surface area (Å²) in [4.78, 5) is 11.6. The van der Waals surface area contributed by atoms with Crippen molar-refractivity contribution in [2.75, 3.05) is 12.0 Å². The number of carboxylic acids is 1. The molecular formula is C9H11NO2S. The van der Waals surface area contributed by atoms with Gasteiger partial charge in [0, 0.05) is 10.6 Å². The summed E-state index contributed by atoms with van der Waals surface area (Å²) in [6.07, 6.45) is 1.91. The molecule has 0 radical (unpaired) electrons. The van der Waals surface area contributed by atoms with Crippen LogP contribution in [0.2, 0.25) is 0 Å². The van der Waals surface area contributed by atoms with E-state index >= 15 is 0 Å². The Labute approximate surface area is 80.9 Å². The van der Waals surface area contributed by atoms with Crippen molar-refractivity contribution in [3.05, 3.63) is 23.3 Å². The SMILES string of the molecule is CSc1ccc(C(=O)O)c(C)c1N. The van der Waals surface area contributed by atoms with E-state index in [1.54, 1.807) is 19.1 Å². The molecule has 0 spiro atoms. The Bertz CT molecular complexity index is 350. The molecule has 0 aromatic heterocycles. The maximum absolute atomic E-state index is 10.7. The molecule has 1 rings (SSSR count). The van der Waals surface area contributed by atoms with Crippen molar-refractivity contribution >= 4 is 23.4 Å². The van der Waals surface area contributed by atoms with E-state index in [1.165, 1.54) is 11.8 Å². The van der Waals surface area contributed by atoms with Crippen LogP contribution in [-0.4, -0.2) is 17.3 Å². The number of rotatable bonds is 2. The number of anilines is 1. The minimum atomic E-state index is -0.933. The molecule has 1 aromatic rings. The van der Waals surface area contributed by atoms with Gasteiger partial charge in [0.15, 0.2) is 0 Å². The molecule has 1 aromatic carbocycles. The molecule has 0 aliphatic carbocycles. The first-order valence-electron chi connectivity index (χ1n) is 3.74. The predicted molar refractivity (Wildman–Crippen MR) is 54.3 cm³/mol. The quantitative estimate of drug-likeness (QED) is 0.562. The molecule has 3 nitrogen and oxygen atoms in total. The summed E-state index contributed by atoms with van der Waals surface area (Å²) in [5.74, 6) is -0.933. The van der Waals surface area contributed by atoms with E-state index in [9.17, 15) is 4.79 Å². The van der Waals surface area contributed by atoms with Gasteiger partial charge in [0.25, 0.3) is 0 Å². The van der Waals surface area contributed by atoms with Crippen LogP contribution in [0.4, 0.5) is 5.69 Å². The lowest BCUT2D eigenvalue weighted by Gasteiger charge is -2.08. The molecular weight excluding hydrogens is 186 g/mol. The standard InChI is InChI=1S/C9H11NO2S/c1-5-6(9(11)12)3-4-7(13-2)8(5)10/h3-4H,10H2,1-2H3,(H,11,12). The largest absolute Gasteiger partial charge is 0.478 e. The van der Waals surface area contributed by atoms with Crippen molar-refractivity contribution in [1.82, 2.24) is 0 Å². The molecule has 0 saturated heterocycles. The van der Waals surface area contributed by atoms with Crippen LogP contribution in [0.15, 0.2) is 17.0 Å². The average Bonchev–Trinajstić information content (AvgIpc) is 2.09. The highest BCUT2D eigenvalue weighted by Gasteiger charge is 2.11. The first kappa shape index (κ1) is 9.92. The summed E-state index contributed by atoms with van der Waals surface area (Å²) in [5, 5.41) is 8.79. The fourth-order valence-electron chi connectivity index (χ4n) is 1.11. The smallest absolute Gasteiger partial charge is 0.336 e. The Morgan fingerprint density at radius 3 is 2.62 bits per heavy atom. The summed E-state index contributed by atoms with van der Waals surface area (Å²) in [6.45, 7) is 1.72. The molecule has 0 unspecified atom stereocenters. The third-order valence-corrected chi connectivity index (χ3v) is 2.72. The van der Waals surface area contributed by atoms with Gasteiger partial charge < -0.3 is 10.8 Å². The Hall–Kier alpha value is -1.16. The van der Waals surface area contributed by atoms with Crippen LogP contribution < -0.4 is 5.73 Å². The van der Waals surface area contributed by atoms with Crippen LogP contribution in [0, 0.1) is 6.92 Å². The summed E-state index contributed by atoms with van der Waals surface area (Å²) in [7, 11) is 0. The van der Waals surface area contributed by atoms with Gasteiger partial charge in [-0.2, -0.15) is 0 Å². The van der Waals surface area contributed by atoms with Gasteiger partial charge in [-0.25, -0.2) is 4.79 Å². The molecule has 0 saturated carbocycles. The average molecular weight is 197 g/mol. The van der Waals surface area contributed by atoms with E-state index in [2.05, 4.69) is 0 Å². The minimum absolute atomic E-state index is 0.273. The molecule has 0 bridgehead atoms. The maximum Gasteiger partial charge on any atom is 0.336 e. The summed E-state index contributed by atoms with van der Waals surface area (Å²) in [5.41, 5.74) is 7.22. The van der Waals surface area contributed by atoms with E-state index in [0.29, 0.717) is 11.3 Å². The summed E-state index contributed by atoms with van der Waals surface area (Å²) < 4.78 is 0. The lowest BCUT2D eigenvalue weighted by molar-refractivity contribution is 0.0696. The number of hydrogen-bond acceptors (Lipinski definition) is 3. The highest BCUT2D eigenvalue weighted by atomic mass is 32.2. The molecule has 4 heteroatoms. The number of thioether (sulfide) groups is 1. The minimum Gasteiger partial charge on any atom is -0.478 e. The zero-order valence-corrected chi connectivity index (χ0v) is 8.31. The number of aromatic carboxylic acids is 1. The third-order valence-electron chi connectivity index (χ3n) is 1.93. The lowest BCUT2D eigenvalue weighted by Crippen LogP contribution is -2.03. The van der Waals surface area contributed by atoms with Crippen LogP contribution in [0.3, 0.4) is 0 Å². The Balaban J connectivity index is 3.31. The second-order valence-electron chi connectivity index (χ2n) is 2.66. The molecule has 0 aliphatic heterocycles. The van der Waals surface area contributed by atoms with E-state index in [1.807, 2.05) is 6.26 Å². The molecule has 13 heavy (non-hydrogen) atoms. The predicted octanol–water partition coefficient (Wildman–Crippen LogP) is 2.00. The van der Waals surface area contributed by atoms with Gasteiger partial charge in [-0.3, -0.25) is 0 Å². The van der Waals surface area contributed by atoms with Gasteiger partial charge in [0.2, 0.25) is 0 Å². The number of hydrogen-bond donors (Lipinski definition) is 2. The van der Waals surface area contributed by atoms with Crippen molar-refractivity contribution in [2.45, 2.75) is 11.8 Å². The number of benzene rings is 1. The van der Waals surface area contributed by atoms with Crippen molar-refractivity contribution < 1.29 is 9.90 Å². The fraction of sp³-hybridized carbons (Fsp3) is 0.222. The van der Waals surface area contributed by atoms with Crippen LogP contribution >= 0.6 is 11.8 Å². The van der Waals surface area contributed by atoms with Gasteiger partial charge in [0.05, 0.1) is 5.56 Å². The molecule has 3 N–H and O–H groups in total. The van der Waals surface area contributed by atoms with Gasteiger partial charge in [-0.05, 0) is 30.9 Å². The summed E-state index contributed by atoms with van der Waals surface area (Å²) in [6, 6.07) is 3.32. The second-order valence-corrected chi connectivity index (χ2v) is 3.51. The normalized spacial score (nSPS) is 10.0. The first-order chi connectivity index (χ1) is 6.07. The monoisotopic (exact) mass is 197 g/mol. The Kier molecular flexibility index (Phi) is 2.83. The van der Waals surface area contributed by atoms with E-state index in [-0.39, 0.29) is 5.56 Å². The van der Waals surface area contributed by atoms with Crippen molar-refractivity contribution in [3.63, 3.8) is 0 Å². The maximum atomic E-state index is 10.7. The lowest BCUT2D eigenvalue weighted by atomic mass is 10.1. The van der Waals surface area contributed by atoms with Crippen molar-refractivity contribution in [1.29, 1.82) is 0 Å². The molecule has 0 fully saturated rings. The van der Waals surface area contributed by atoms with Crippen LogP contribution in [0.25, 0.3) is 0 Å². The van der Waals surface area contributed by atoms with Gasteiger partial charge in [0.1, 0.15) is 0 Å². The van der Waals surface area contributed by atoms with Crippen molar-refractivity contribution in [3.8, 4) is 0 Å². The zero-order chi connectivity index (χ0) is 10.0.